The fourth-order valence-electron chi connectivity index (χ4n) is 4.97. The van der Waals surface area contributed by atoms with Gasteiger partial charge in [-0.1, -0.05) is 99.8 Å². The number of esters is 2. The van der Waals surface area contributed by atoms with Gasteiger partial charge in [0, 0.05) is 29.7 Å². The van der Waals surface area contributed by atoms with E-state index in [0.717, 1.165) is 42.1 Å². The molecule has 0 aromatic rings. The molecule has 0 fully saturated rings. The van der Waals surface area contributed by atoms with Crippen molar-refractivity contribution in [3.05, 3.63) is 35.0 Å². The Morgan fingerprint density at radius 3 is 2.17 bits per heavy atom. The summed E-state index contributed by atoms with van der Waals surface area (Å²) in [6.45, 7) is 29.6. The van der Waals surface area contributed by atoms with Crippen LogP contribution in [0.25, 0.3) is 0 Å². The Labute approximate surface area is 295 Å². The quantitative estimate of drug-likeness (QED) is 0.0409. The fourth-order valence-corrected chi connectivity index (χ4v) is 8.84. The van der Waals surface area contributed by atoms with E-state index in [0.29, 0.717) is 18.8 Å². The van der Waals surface area contributed by atoms with Crippen LogP contribution in [0.4, 0.5) is 0 Å². The van der Waals surface area contributed by atoms with Crippen molar-refractivity contribution in [3.8, 4) is 0 Å². The van der Waals surface area contributed by atoms with Crippen molar-refractivity contribution in [1.82, 2.24) is 0 Å². The molecule has 0 aliphatic heterocycles. The molecule has 9 heteroatoms. The van der Waals surface area contributed by atoms with Crippen molar-refractivity contribution in [2.24, 2.45) is 11.8 Å². The van der Waals surface area contributed by atoms with E-state index in [4.69, 9.17) is 18.3 Å². The van der Waals surface area contributed by atoms with Gasteiger partial charge in [-0.05, 0) is 73.6 Å². The average Bonchev–Trinajstić information content (AvgIpc) is 3.25. The molecule has 1 rings (SSSR count). The molecule has 1 aliphatic carbocycles. The second kappa shape index (κ2) is 19.9. The predicted octanol–water partition coefficient (Wildman–Crippen LogP) is 11.4. The fraction of sp³-hybridized carbons (Fsp3) is 0.789. The first-order valence-corrected chi connectivity index (χ1v) is 24.8. The van der Waals surface area contributed by atoms with Gasteiger partial charge in [0.05, 0.1) is 19.3 Å². The standard InChI is InChI=1S/C38H70O6SSi2/c1-15-17-22-29(3)27-30(43-46(11,12)37(4,5)6)24-25-31-32(44-47(13,14)38(7,8)9)28-33(42-35(40)21-16-2)36(31)45-26-20-18-19-23-34(39)41-10/h19,23-25,29-32H,15-18,20-22,26-28H2,1-14H3/t29-,30-,31+,32-/m1/s1. The molecule has 0 amide bonds. The van der Waals surface area contributed by atoms with E-state index in [2.05, 4.69) is 93.7 Å². The first-order valence-electron chi connectivity index (χ1n) is 18.0. The molecule has 0 spiro atoms. The van der Waals surface area contributed by atoms with E-state index in [9.17, 15) is 9.59 Å². The zero-order chi connectivity index (χ0) is 36.1. The maximum Gasteiger partial charge on any atom is 0.330 e. The molecule has 47 heavy (non-hydrogen) atoms. The lowest BCUT2D eigenvalue weighted by Crippen LogP contribution is -2.45. The molecule has 0 heterocycles. The number of carbonyl (C=O) groups is 2. The summed E-state index contributed by atoms with van der Waals surface area (Å²) in [5.74, 6) is 1.61. The molecular weight excluding hydrogens is 641 g/mol. The van der Waals surface area contributed by atoms with Crippen molar-refractivity contribution in [1.29, 1.82) is 0 Å². The number of hydrogen-bond donors (Lipinski definition) is 0. The Balaban J connectivity index is 3.57. The molecule has 0 bridgehead atoms. The summed E-state index contributed by atoms with van der Waals surface area (Å²) in [4.78, 5) is 25.5. The van der Waals surface area contributed by atoms with Gasteiger partial charge in [0.15, 0.2) is 16.6 Å². The Morgan fingerprint density at radius 1 is 0.979 bits per heavy atom. The van der Waals surface area contributed by atoms with E-state index >= 15 is 0 Å². The SMILES string of the molecule is CCCC[C@@H](C)C[C@@H](C=C[C@@H]1C(SCCCC=CC(=O)OC)=C(OC(=O)CCC)C[C@H]1O[Si](C)(C)C(C)(C)C)O[Si](C)(C)C(C)(C)C. The number of thioether (sulfide) groups is 1. The monoisotopic (exact) mass is 710 g/mol. The van der Waals surface area contributed by atoms with Crippen LogP contribution in [0.1, 0.15) is 120 Å². The van der Waals surface area contributed by atoms with Gasteiger partial charge in [0.25, 0.3) is 0 Å². The van der Waals surface area contributed by atoms with Gasteiger partial charge in [-0.2, -0.15) is 0 Å². The summed E-state index contributed by atoms with van der Waals surface area (Å²) in [5.41, 5.74) is 0. The molecule has 0 radical (unpaired) electrons. The number of allylic oxidation sites excluding steroid dienone is 1. The Kier molecular flexibility index (Phi) is 18.6. The minimum Gasteiger partial charge on any atom is -0.466 e. The second-order valence-corrected chi connectivity index (χ2v) is 27.0. The largest absolute Gasteiger partial charge is 0.466 e. The average molecular weight is 711 g/mol. The summed E-state index contributed by atoms with van der Waals surface area (Å²) >= 11 is 1.76. The Morgan fingerprint density at radius 2 is 1.62 bits per heavy atom. The predicted molar refractivity (Wildman–Crippen MR) is 206 cm³/mol. The van der Waals surface area contributed by atoms with Crippen molar-refractivity contribution < 1.29 is 27.9 Å². The first-order chi connectivity index (χ1) is 21.7. The lowest BCUT2D eigenvalue weighted by molar-refractivity contribution is -0.139. The maximum atomic E-state index is 12.9. The third-order valence-electron chi connectivity index (χ3n) is 10.0. The van der Waals surface area contributed by atoms with Crippen LogP contribution in [0.2, 0.25) is 36.3 Å². The van der Waals surface area contributed by atoms with Gasteiger partial charge in [0.2, 0.25) is 0 Å². The number of unbranched alkanes of at least 4 members (excludes halogenated alkanes) is 2. The van der Waals surface area contributed by atoms with E-state index in [1.165, 1.54) is 32.4 Å². The van der Waals surface area contributed by atoms with Crippen molar-refractivity contribution in [3.63, 3.8) is 0 Å². The number of hydrogen-bond acceptors (Lipinski definition) is 7. The van der Waals surface area contributed by atoms with Crippen LogP contribution in [0, 0.1) is 11.8 Å². The van der Waals surface area contributed by atoms with E-state index in [1.54, 1.807) is 11.8 Å². The number of rotatable bonds is 20. The van der Waals surface area contributed by atoms with Crippen LogP contribution in [0.5, 0.6) is 0 Å². The van der Waals surface area contributed by atoms with Crippen LogP contribution in [0.3, 0.4) is 0 Å². The van der Waals surface area contributed by atoms with E-state index < -0.39 is 16.6 Å². The molecule has 0 aromatic heterocycles. The zero-order valence-corrected chi connectivity index (χ0v) is 35.4. The third-order valence-corrected chi connectivity index (χ3v) is 20.3. The second-order valence-electron chi connectivity index (χ2n) is 16.4. The van der Waals surface area contributed by atoms with E-state index in [1.807, 2.05) is 13.0 Å². The Bertz CT molecular complexity index is 1070. The third kappa shape index (κ3) is 15.1. The number of methoxy groups -OCH3 is 1. The Hall–Kier alpha value is -1.14. The highest BCUT2D eigenvalue weighted by molar-refractivity contribution is 8.03. The first kappa shape index (κ1) is 43.9. The molecule has 272 valence electrons. The molecule has 0 saturated heterocycles. The highest BCUT2D eigenvalue weighted by Crippen LogP contribution is 2.47. The lowest BCUT2D eigenvalue weighted by atomic mass is 9.96. The van der Waals surface area contributed by atoms with Gasteiger partial charge < -0.3 is 18.3 Å². The van der Waals surface area contributed by atoms with Crippen molar-refractivity contribution in [2.45, 2.75) is 169 Å². The summed E-state index contributed by atoms with van der Waals surface area (Å²) in [7, 11) is -2.78. The molecule has 0 saturated carbocycles. The minimum atomic E-state index is -2.14. The van der Waals surface area contributed by atoms with Crippen molar-refractivity contribution in [2.75, 3.05) is 12.9 Å². The summed E-state index contributed by atoms with van der Waals surface area (Å²) in [6.07, 6.45) is 15.9. The van der Waals surface area contributed by atoms with Crippen LogP contribution < -0.4 is 0 Å². The number of carbonyl (C=O) groups excluding carboxylic acids is 2. The minimum absolute atomic E-state index is 0.0117. The summed E-state index contributed by atoms with van der Waals surface area (Å²) in [5, 5.41) is 0.155. The highest BCUT2D eigenvalue weighted by Gasteiger charge is 2.45. The molecule has 0 N–H and O–H groups in total. The van der Waals surface area contributed by atoms with Gasteiger partial charge in [-0.15, -0.1) is 11.8 Å². The molecule has 1 aliphatic rings. The number of ether oxygens (including phenoxy) is 2. The lowest BCUT2D eigenvalue weighted by Gasteiger charge is -2.40. The normalized spacial score (nSPS) is 19.5. The van der Waals surface area contributed by atoms with Gasteiger partial charge >= 0.3 is 11.9 Å². The van der Waals surface area contributed by atoms with Crippen LogP contribution in [0.15, 0.2) is 35.0 Å². The van der Waals surface area contributed by atoms with Gasteiger partial charge in [0.1, 0.15) is 5.76 Å². The van der Waals surface area contributed by atoms with Crippen LogP contribution in [-0.4, -0.2) is 53.6 Å². The van der Waals surface area contributed by atoms with Crippen LogP contribution in [-0.2, 0) is 27.9 Å². The van der Waals surface area contributed by atoms with Gasteiger partial charge in [-0.25, -0.2) is 4.79 Å². The van der Waals surface area contributed by atoms with E-state index in [-0.39, 0.29) is 40.1 Å². The molecule has 0 aromatic carbocycles. The van der Waals surface area contributed by atoms with Crippen molar-refractivity contribution >= 4 is 40.3 Å². The van der Waals surface area contributed by atoms with Crippen LogP contribution >= 0.6 is 11.8 Å². The summed E-state index contributed by atoms with van der Waals surface area (Å²) in [6, 6.07) is 0. The van der Waals surface area contributed by atoms with Gasteiger partial charge in [-0.3, -0.25) is 4.79 Å². The molecule has 4 atom stereocenters. The zero-order valence-electron chi connectivity index (χ0n) is 32.5. The smallest absolute Gasteiger partial charge is 0.330 e. The highest BCUT2D eigenvalue weighted by atomic mass is 32.2. The maximum absolute atomic E-state index is 12.9. The molecular formula is C38H70O6SSi2. The molecule has 0 unspecified atom stereocenters. The summed E-state index contributed by atoms with van der Waals surface area (Å²) < 4.78 is 25.0. The molecule has 6 nitrogen and oxygen atoms in total. The topological polar surface area (TPSA) is 71.1 Å².